The number of nitrogens with one attached hydrogen (secondary N) is 1. The molecule has 6 nitrogen and oxygen atoms in total. The van der Waals surface area contributed by atoms with Crippen LogP contribution in [0.1, 0.15) is 30.1 Å². The second kappa shape index (κ2) is 8.09. The monoisotopic (exact) mass is 444 g/mol. The third-order valence-electron chi connectivity index (χ3n) is 6.51. The van der Waals surface area contributed by atoms with Gasteiger partial charge < -0.3 is 20.3 Å². The zero-order valence-corrected chi connectivity index (χ0v) is 17.8. The van der Waals surface area contributed by atoms with E-state index in [2.05, 4.69) is 5.32 Å². The van der Waals surface area contributed by atoms with Crippen molar-refractivity contribution in [3.8, 4) is 5.75 Å². The zero-order chi connectivity index (χ0) is 21.6. The predicted octanol–water partition coefficient (Wildman–Crippen LogP) is 3.54. The molecule has 8 heteroatoms. The number of anilines is 1. The number of carbonyl (C=O) groups excluding carboxylic acids is 1. The average Bonchev–Trinajstić information content (AvgIpc) is 3.19. The molecule has 2 aromatic carbocycles. The Hall–Kier alpha value is -2.13. The molecule has 164 valence electrons. The third-order valence-corrected chi connectivity index (χ3v) is 7.33. The number of benzene rings is 2. The van der Waals surface area contributed by atoms with Crippen molar-refractivity contribution in [3.63, 3.8) is 0 Å². The summed E-state index contributed by atoms with van der Waals surface area (Å²) in [5, 5.41) is 24.2. The van der Waals surface area contributed by atoms with Crippen LogP contribution in [0.25, 0.3) is 0 Å². The highest BCUT2D eigenvalue weighted by Crippen LogP contribution is 2.43. The van der Waals surface area contributed by atoms with E-state index in [1.807, 2.05) is 35.2 Å². The first-order chi connectivity index (χ1) is 14.9. The van der Waals surface area contributed by atoms with Crippen LogP contribution in [0.3, 0.4) is 0 Å². The minimum Gasteiger partial charge on any atom is -0.490 e. The van der Waals surface area contributed by atoms with Crippen molar-refractivity contribution in [1.82, 2.24) is 4.90 Å². The van der Waals surface area contributed by atoms with E-state index in [0.29, 0.717) is 42.9 Å². The number of ether oxygens (including phenoxy) is 1. The number of thioether (sulfide) groups is 1. The number of halogens is 1. The van der Waals surface area contributed by atoms with E-state index in [4.69, 9.17) is 4.74 Å². The molecule has 3 aliphatic rings. The molecule has 0 radical (unpaired) electrons. The molecule has 1 saturated heterocycles. The molecule has 2 fully saturated rings. The molecule has 31 heavy (non-hydrogen) atoms. The fourth-order valence-corrected chi connectivity index (χ4v) is 5.76. The van der Waals surface area contributed by atoms with Gasteiger partial charge in [-0.1, -0.05) is 36.0 Å². The van der Waals surface area contributed by atoms with Gasteiger partial charge in [-0.05, 0) is 35.7 Å². The molecule has 2 aliphatic heterocycles. The maximum absolute atomic E-state index is 14.4. The lowest BCUT2D eigenvalue weighted by Gasteiger charge is -2.25. The maximum Gasteiger partial charge on any atom is 0.283 e. The smallest absolute Gasteiger partial charge is 0.283 e. The van der Waals surface area contributed by atoms with Crippen LogP contribution in [-0.4, -0.2) is 51.7 Å². The summed E-state index contributed by atoms with van der Waals surface area (Å²) in [6.07, 6.45) is 0.430. The molecule has 0 aromatic heterocycles. The van der Waals surface area contributed by atoms with E-state index >= 15 is 0 Å². The Morgan fingerprint density at radius 2 is 2.13 bits per heavy atom. The highest BCUT2D eigenvalue weighted by Gasteiger charge is 2.52. The highest BCUT2D eigenvalue weighted by atomic mass is 32.2. The van der Waals surface area contributed by atoms with Crippen LogP contribution in [0.5, 0.6) is 5.75 Å². The summed E-state index contributed by atoms with van der Waals surface area (Å²) < 4.78 is 20.5. The lowest BCUT2D eigenvalue weighted by molar-refractivity contribution is 0.0178. The summed E-state index contributed by atoms with van der Waals surface area (Å²) in [5.74, 6) is 0.748. The summed E-state index contributed by atoms with van der Waals surface area (Å²) in [7, 11) is 0. The van der Waals surface area contributed by atoms with Crippen LogP contribution in [0.2, 0.25) is 0 Å². The van der Waals surface area contributed by atoms with Gasteiger partial charge >= 0.3 is 0 Å². The molecular weight excluding hydrogens is 419 g/mol. The van der Waals surface area contributed by atoms with Gasteiger partial charge in [0.15, 0.2) is 0 Å². The number of para-hydroxylation sites is 1. The highest BCUT2D eigenvalue weighted by molar-refractivity contribution is 8.13. The number of aliphatic hydroxyl groups excluding tert-OH is 1. The molecule has 0 bridgehead atoms. The minimum atomic E-state index is -0.874. The van der Waals surface area contributed by atoms with Crippen LogP contribution in [0, 0.1) is 11.7 Å². The van der Waals surface area contributed by atoms with E-state index in [-0.39, 0.29) is 22.9 Å². The van der Waals surface area contributed by atoms with Crippen molar-refractivity contribution in [2.75, 3.05) is 25.0 Å². The van der Waals surface area contributed by atoms with Gasteiger partial charge in [0, 0.05) is 37.7 Å². The molecule has 0 unspecified atom stereocenters. The number of β-amino-alcohol motifs (C(OH)–C–C–N with tert-alkyl or cyclic N) is 2. The molecular formula is C23H25FN2O4S. The maximum atomic E-state index is 14.4. The van der Waals surface area contributed by atoms with Gasteiger partial charge in [-0.2, -0.15) is 0 Å². The fraction of sp³-hybridized carbons (Fsp3) is 0.435. The van der Waals surface area contributed by atoms with Crippen molar-refractivity contribution >= 4 is 22.7 Å². The average molecular weight is 445 g/mol. The molecule has 4 atom stereocenters. The number of amides is 1. The second-order valence-electron chi connectivity index (χ2n) is 8.74. The number of hydrogen-bond acceptors (Lipinski definition) is 6. The second-order valence-corrected chi connectivity index (χ2v) is 9.69. The molecule has 5 rings (SSSR count). The van der Waals surface area contributed by atoms with Crippen molar-refractivity contribution in [1.29, 1.82) is 0 Å². The molecule has 3 N–H and O–H groups in total. The van der Waals surface area contributed by atoms with Gasteiger partial charge in [0.1, 0.15) is 17.7 Å². The van der Waals surface area contributed by atoms with Gasteiger partial charge in [0.05, 0.1) is 17.4 Å². The standard InChI is InChI=1S/C23H25FN2O4S/c24-19-7-14(6-15-12-31-22(28)25-21(15)19)20(27)11-26-10-16-8-18(9-23(16,29)13-26)30-17-4-2-1-3-5-17/h1-7,16,18,20,27,29H,8-13H2,(H,25,28)/t16-,18+,20+,23-/m1/s1. The normalized spacial score (nSPS) is 28.7. The lowest BCUT2D eigenvalue weighted by atomic mass is 9.95. The Morgan fingerprint density at radius 3 is 2.90 bits per heavy atom. The fourth-order valence-electron chi connectivity index (χ4n) is 5.07. The van der Waals surface area contributed by atoms with Crippen molar-refractivity contribution in [2.24, 2.45) is 5.92 Å². The summed E-state index contributed by atoms with van der Waals surface area (Å²) in [4.78, 5) is 13.5. The van der Waals surface area contributed by atoms with Crippen LogP contribution < -0.4 is 10.1 Å². The number of likely N-dealkylation sites (tertiary alicyclic amines) is 1. The Morgan fingerprint density at radius 1 is 1.32 bits per heavy atom. The van der Waals surface area contributed by atoms with Crippen LogP contribution in [-0.2, 0) is 5.75 Å². The number of carbonyl (C=O) groups is 1. The third kappa shape index (κ3) is 4.17. The van der Waals surface area contributed by atoms with Crippen molar-refractivity contribution in [3.05, 3.63) is 59.4 Å². The number of rotatable bonds is 5. The quantitative estimate of drug-likeness (QED) is 0.655. The van der Waals surface area contributed by atoms with Gasteiger partial charge in [-0.15, -0.1) is 0 Å². The molecule has 2 aromatic rings. The largest absolute Gasteiger partial charge is 0.490 e. The Bertz CT molecular complexity index is 991. The molecule has 1 aliphatic carbocycles. The SMILES string of the molecule is O=C1Nc2c(F)cc([C@@H](O)CN3C[C@H]4C[C@H](Oc5ccccc5)C[C@@]4(O)C3)cc2CS1. The molecule has 1 saturated carbocycles. The van der Waals surface area contributed by atoms with E-state index in [9.17, 15) is 19.4 Å². The predicted molar refractivity (Wildman–Crippen MR) is 117 cm³/mol. The Balaban J connectivity index is 1.21. The van der Waals surface area contributed by atoms with Crippen LogP contribution >= 0.6 is 11.8 Å². The Kier molecular flexibility index (Phi) is 5.42. The first-order valence-corrected chi connectivity index (χ1v) is 11.5. The van der Waals surface area contributed by atoms with Crippen LogP contribution in [0.15, 0.2) is 42.5 Å². The summed E-state index contributed by atoms with van der Waals surface area (Å²) in [5.41, 5.74) is 0.536. The molecule has 2 heterocycles. The van der Waals surface area contributed by atoms with Gasteiger partial charge in [-0.3, -0.25) is 9.69 Å². The lowest BCUT2D eigenvalue weighted by Crippen LogP contribution is -2.36. The van der Waals surface area contributed by atoms with E-state index in [0.717, 1.165) is 23.9 Å². The van der Waals surface area contributed by atoms with Crippen molar-refractivity contribution in [2.45, 2.75) is 36.4 Å². The number of hydrogen-bond donors (Lipinski definition) is 3. The van der Waals surface area contributed by atoms with Gasteiger partial charge in [0.2, 0.25) is 0 Å². The summed E-state index contributed by atoms with van der Waals surface area (Å²) in [6.45, 7) is 1.45. The zero-order valence-electron chi connectivity index (χ0n) is 17.0. The number of aliphatic hydroxyl groups is 2. The number of fused-ring (bicyclic) bond motifs is 2. The molecule has 1 amide bonds. The minimum absolute atomic E-state index is 0.0214. The van der Waals surface area contributed by atoms with Crippen LogP contribution in [0.4, 0.5) is 14.9 Å². The van der Waals surface area contributed by atoms with Gasteiger partial charge in [-0.25, -0.2) is 4.39 Å². The summed E-state index contributed by atoms with van der Waals surface area (Å²) >= 11 is 1.08. The first kappa shape index (κ1) is 20.8. The Labute approximate surface area is 184 Å². The van der Waals surface area contributed by atoms with Crippen molar-refractivity contribution < 1.29 is 24.1 Å². The molecule has 0 spiro atoms. The van der Waals surface area contributed by atoms with E-state index in [1.54, 1.807) is 6.07 Å². The topological polar surface area (TPSA) is 82.0 Å². The van der Waals surface area contributed by atoms with Gasteiger partial charge in [0.25, 0.3) is 5.24 Å². The summed E-state index contributed by atoms with van der Waals surface area (Å²) in [6, 6.07) is 12.7. The first-order valence-electron chi connectivity index (χ1n) is 10.5. The van der Waals surface area contributed by atoms with E-state index < -0.39 is 17.5 Å². The van der Waals surface area contributed by atoms with E-state index in [1.165, 1.54) is 6.07 Å². The number of nitrogens with zero attached hydrogens (tertiary/aromatic N) is 1.